The Morgan fingerprint density at radius 2 is 1.61 bits per heavy atom. The molecule has 23 heteroatoms. The molecule has 7 amide bonds. The summed E-state index contributed by atoms with van der Waals surface area (Å²) < 4.78 is 23.4. The van der Waals surface area contributed by atoms with Crippen LogP contribution in [0.5, 0.6) is 5.75 Å². The lowest BCUT2D eigenvalue weighted by Crippen LogP contribution is -2.58. The second-order valence-corrected chi connectivity index (χ2v) is 26.4. The Balaban J connectivity index is 1.12. The van der Waals surface area contributed by atoms with Gasteiger partial charge in [-0.25, -0.2) is 9.59 Å². The number of nitrogens with zero attached hydrogens (tertiary/aromatic N) is 4. The molecule has 5 N–H and O–H groups in total. The summed E-state index contributed by atoms with van der Waals surface area (Å²) >= 11 is 0. The molecule has 3 heterocycles. The first kappa shape index (κ1) is 66.4. The number of carbonyl (C=O) groups is 9. The van der Waals surface area contributed by atoms with Crippen LogP contribution in [-0.2, 0) is 65.5 Å². The molecule has 0 radical (unpaired) electrons. The van der Waals surface area contributed by atoms with Gasteiger partial charge in [-0.3, -0.25) is 38.4 Å². The van der Waals surface area contributed by atoms with E-state index < -0.39 is 143 Å². The van der Waals surface area contributed by atoms with Gasteiger partial charge in [0.2, 0.25) is 35.4 Å². The molecule has 0 bridgehead atoms. The maximum Gasteiger partial charge on any atom is 0.336 e. The number of fused-ring (bicyclic) bond motifs is 3. The fraction of sp³-hybridized carbons (Fsp3) is 0.631. The molecular formula is C65H90N8O15. The van der Waals surface area contributed by atoms with E-state index in [1.165, 1.54) is 42.0 Å². The number of likely N-dealkylation sites (N-methyl/N-ethyl adjacent to an activating group) is 2. The van der Waals surface area contributed by atoms with Crippen LogP contribution in [-0.4, -0.2) is 175 Å². The Hall–Kier alpha value is -7.56. The summed E-state index contributed by atoms with van der Waals surface area (Å²) in [6.45, 7) is 14.3. The molecular weight excluding hydrogens is 1130 g/mol. The fourth-order valence-electron chi connectivity index (χ4n) is 13.6. The van der Waals surface area contributed by atoms with Crippen molar-refractivity contribution >= 4 is 69.9 Å². The third-order valence-electron chi connectivity index (χ3n) is 19.0. The van der Waals surface area contributed by atoms with Gasteiger partial charge >= 0.3 is 17.6 Å². The molecule has 5 fully saturated rings. The van der Waals surface area contributed by atoms with Crippen molar-refractivity contribution in [2.24, 2.45) is 35.0 Å². The van der Waals surface area contributed by atoms with Crippen molar-refractivity contribution in [2.75, 3.05) is 53.3 Å². The zero-order chi connectivity index (χ0) is 64.5. The zero-order valence-electron chi connectivity index (χ0n) is 53.2. The number of cyclic esters (lactones) is 1. The number of methoxy groups -OCH3 is 1. The Labute approximate surface area is 514 Å². The third kappa shape index (κ3) is 13.7. The number of aliphatic hydroxyl groups excluding tert-OH is 1. The van der Waals surface area contributed by atoms with Crippen LogP contribution in [0, 0.1) is 35.0 Å². The van der Waals surface area contributed by atoms with Crippen molar-refractivity contribution in [1.29, 1.82) is 0 Å². The van der Waals surface area contributed by atoms with Crippen LogP contribution in [0.2, 0.25) is 0 Å². The van der Waals surface area contributed by atoms with Gasteiger partial charge in [0, 0.05) is 70.4 Å². The summed E-state index contributed by atoms with van der Waals surface area (Å²) in [5.41, 5.74) is -3.24. The number of anilines is 1. The van der Waals surface area contributed by atoms with Crippen LogP contribution in [0.1, 0.15) is 124 Å². The number of esters is 2. The minimum atomic E-state index is -1.69. The topological polar surface area (TPSA) is 293 Å². The second kappa shape index (κ2) is 26.6. The predicted molar refractivity (Wildman–Crippen MR) is 325 cm³/mol. The lowest BCUT2D eigenvalue weighted by molar-refractivity contribution is -0.168. The molecule has 5 aliphatic rings. The van der Waals surface area contributed by atoms with Gasteiger partial charge in [0.25, 0.3) is 5.91 Å². The van der Waals surface area contributed by atoms with Gasteiger partial charge in [0.05, 0.1) is 38.1 Å². The fourth-order valence-corrected chi connectivity index (χ4v) is 13.6. The number of ether oxygens (including phenoxy) is 3. The van der Waals surface area contributed by atoms with E-state index >= 15 is 14.4 Å². The second-order valence-electron chi connectivity index (χ2n) is 26.4. The largest absolute Gasteiger partial charge is 0.497 e. The maximum atomic E-state index is 15.8. The van der Waals surface area contributed by atoms with E-state index in [1.807, 2.05) is 66.6 Å². The highest BCUT2D eigenvalue weighted by atomic mass is 16.6. The lowest BCUT2D eigenvalue weighted by atomic mass is 9.91. The highest BCUT2D eigenvalue weighted by molar-refractivity contribution is 5.97. The molecule has 2 aromatic carbocycles. The number of hydrogen-bond donors (Lipinski definition) is 5. The number of carbonyl (C=O) groups excluding carboxylic acids is 9. The molecule has 3 aromatic rings. The third-order valence-corrected chi connectivity index (χ3v) is 19.0. The van der Waals surface area contributed by atoms with E-state index in [0.717, 1.165) is 5.69 Å². The summed E-state index contributed by atoms with van der Waals surface area (Å²) in [4.78, 5) is 150. The number of benzene rings is 2. The number of aliphatic hydroxyl groups is 1. The van der Waals surface area contributed by atoms with Gasteiger partial charge in [0.1, 0.15) is 46.5 Å². The summed E-state index contributed by atoms with van der Waals surface area (Å²) in [5.74, 6) is -7.10. The van der Waals surface area contributed by atoms with E-state index in [0.29, 0.717) is 40.7 Å². The molecule has 3 spiro atoms. The number of amides is 7. The molecule has 2 aliphatic heterocycles. The average Bonchev–Trinajstić information content (AvgIpc) is 1.50. The molecule has 23 nitrogen and oxygen atoms in total. The molecule has 480 valence electrons. The average molecular weight is 1220 g/mol. The van der Waals surface area contributed by atoms with Gasteiger partial charge in [0.15, 0.2) is 6.10 Å². The van der Waals surface area contributed by atoms with Crippen molar-refractivity contribution in [1.82, 2.24) is 36.0 Å². The van der Waals surface area contributed by atoms with Crippen LogP contribution in [0.4, 0.5) is 5.69 Å². The quantitative estimate of drug-likeness (QED) is 0.0949. The Bertz CT molecular complexity index is 3210. The monoisotopic (exact) mass is 1220 g/mol. The van der Waals surface area contributed by atoms with Crippen LogP contribution in [0.25, 0.3) is 11.0 Å². The van der Waals surface area contributed by atoms with Crippen molar-refractivity contribution in [2.45, 2.75) is 180 Å². The summed E-state index contributed by atoms with van der Waals surface area (Å²) in [6, 6.07) is 7.81. The van der Waals surface area contributed by atoms with Crippen molar-refractivity contribution < 1.29 is 66.9 Å². The minimum Gasteiger partial charge on any atom is -0.497 e. The van der Waals surface area contributed by atoms with Gasteiger partial charge in [-0.15, -0.1) is 0 Å². The van der Waals surface area contributed by atoms with Crippen molar-refractivity contribution in [3.8, 4) is 5.75 Å². The van der Waals surface area contributed by atoms with Gasteiger partial charge < -0.3 is 64.6 Å². The van der Waals surface area contributed by atoms with Crippen LogP contribution in [0.3, 0.4) is 0 Å². The van der Waals surface area contributed by atoms with Gasteiger partial charge in [-0.05, 0) is 110 Å². The van der Waals surface area contributed by atoms with Crippen molar-refractivity contribution in [3.63, 3.8) is 0 Å². The molecule has 3 aliphatic carbocycles. The lowest BCUT2D eigenvalue weighted by Gasteiger charge is -2.36. The number of hydrogen-bond acceptors (Lipinski definition) is 16. The van der Waals surface area contributed by atoms with E-state index in [-0.39, 0.29) is 75.7 Å². The smallest absolute Gasteiger partial charge is 0.336 e. The van der Waals surface area contributed by atoms with E-state index in [4.69, 9.17) is 18.6 Å². The summed E-state index contributed by atoms with van der Waals surface area (Å²) in [7, 11) is 8.11. The minimum absolute atomic E-state index is 0.0534. The van der Waals surface area contributed by atoms with Crippen LogP contribution < -0.4 is 36.5 Å². The molecule has 2 saturated heterocycles. The van der Waals surface area contributed by atoms with E-state index in [9.17, 15) is 38.7 Å². The predicted octanol–water partition coefficient (Wildman–Crippen LogP) is 3.81. The molecule has 11 atom stereocenters. The van der Waals surface area contributed by atoms with Gasteiger partial charge in [-0.1, -0.05) is 73.9 Å². The standard InChI is InChI=1S/C65H90N8O15/c1-14-44-38(8)65(44)51(74)32-55(78)87-56(37(6)7)58(80)67-45(26-35(2)3)59(81)73-25-15-16-46(73)60(82)72(12)48(28-39-17-20-42(85-13)21-18-39)61(83)88-63(23-24-63)64(62(84)69-65)33-50(64)68-57(79)47(27-36(4)5)71(11)53(76)34-66-52(75)29-40-30-54(77)86-49-31-41(70(9)10)19-22-43(40)49/h17-22,30-31,35-38,44-48,50-51,56,74H,14-16,23-29,32-34H2,1-13H3,(H,66,75)(H,67,80)(H,68,79)(H,69,84)/t38-,44?,45-,46-,47+,48?,50?,51-,56-,64?,65?/m0/s1. The summed E-state index contributed by atoms with van der Waals surface area (Å²) in [5, 5.41) is 24.5. The Morgan fingerprint density at radius 1 is 0.920 bits per heavy atom. The van der Waals surface area contributed by atoms with Gasteiger partial charge in [-0.2, -0.15) is 0 Å². The molecule has 8 rings (SSSR count). The number of rotatable bonds is 17. The molecule has 1 aromatic heterocycles. The SMILES string of the molecule is CCC1[C@H](C)C12NC(=O)C1(CC1NC(=O)[C@@H](CC(C)C)N(C)C(=O)CNC(=O)Cc1cc(=O)oc3cc(N(C)C)ccc13)C1(CC1)OC(=O)C(Cc1ccc(OC)cc1)N(C)C(=O)[C@@H]1CCCN1C(=O)[C@H](CC(C)C)NC(=O)[C@H](C(C)C)OC(=O)C[C@@H]2O. The molecule has 88 heavy (non-hydrogen) atoms. The van der Waals surface area contributed by atoms with Crippen LogP contribution >= 0.6 is 0 Å². The molecule has 5 unspecified atom stereocenters. The first-order valence-corrected chi connectivity index (χ1v) is 31.0. The highest BCUT2D eigenvalue weighted by Gasteiger charge is 2.80. The molecule has 3 saturated carbocycles. The maximum absolute atomic E-state index is 15.8. The highest BCUT2D eigenvalue weighted by Crippen LogP contribution is 2.67. The van der Waals surface area contributed by atoms with Crippen LogP contribution in [0.15, 0.2) is 57.7 Å². The van der Waals surface area contributed by atoms with Crippen molar-refractivity contribution in [3.05, 3.63) is 70.1 Å². The van der Waals surface area contributed by atoms with E-state index in [1.54, 1.807) is 50.2 Å². The first-order chi connectivity index (χ1) is 41.5. The Morgan fingerprint density at radius 3 is 2.22 bits per heavy atom. The number of nitrogens with one attached hydrogen (secondary N) is 4. The normalized spacial score (nSPS) is 27.8. The summed E-state index contributed by atoms with van der Waals surface area (Å²) in [6.07, 6.45) is -2.11. The first-order valence-electron chi connectivity index (χ1n) is 31.0. The van der Waals surface area contributed by atoms with E-state index in [2.05, 4.69) is 21.3 Å². The Kier molecular flexibility index (Phi) is 20.1. The zero-order valence-corrected chi connectivity index (χ0v) is 53.2.